The van der Waals surface area contributed by atoms with Crippen LogP contribution in [0, 0.1) is 6.92 Å². The highest BCUT2D eigenvalue weighted by atomic mass is 32.1. The van der Waals surface area contributed by atoms with Gasteiger partial charge >= 0.3 is 0 Å². The molecule has 1 aromatic rings. The lowest BCUT2D eigenvalue weighted by molar-refractivity contribution is 0.184. The van der Waals surface area contributed by atoms with Crippen molar-refractivity contribution in [3.05, 3.63) is 21.9 Å². The molecule has 0 unspecified atom stereocenters. The molecular weight excluding hydrogens is 194 g/mol. The van der Waals surface area contributed by atoms with E-state index in [1.165, 1.54) is 23.3 Å². The van der Waals surface area contributed by atoms with E-state index >= 15 is 0 Å². The Morgan fingerprint density at radius 3 is 2.86 bits per heavy atom. The van der Waals surface area contributed by atoms with Crippen LogP contribution in [0.5, 0.6) is 0 Å². The summed E-state index contributed by atoms with van der Waals surface area (Å²) in [5.74, 6) is 0. The van der Waals surface area contributed by atoms with Crippen molar-refractivity contribution >= 4 is 11.3 Å². The highest BCUT2D eigenvalue weighted by Crippen LogP contribution is 2.29. The fraction of sp³-hybridized carbons (Fsp3) is 0.636. The van der Waals surface area contributed by atoms with Crippen LogP contribution in [0.25, 0.3) is 0 Å². The molecule has 2 rings (SSSR count). The second-order valence-electron chi connectivity index (χ2n) is 3.95. The van der Waals surface area contributed by atoms with Crippen molar-refractivity contribution in [2.24, 2.45) is 0 Å². The number of aryl methyl sites for hydroxylation is 1. The van der Waals surface area contributed by atoms with E-state index in [0.29, 0.717) is 0 Å². The lowest BCUT2D eigenvalue weighted by atomic mass is 10.3. The van der Waals surface area contributed by atoms with Gasteiger partial charge < -0.3 is 5.11 Å². The zero-order valence-corrected chi connectivity index (χ0v) is 9.39. The van der Waals surface area contributed by atoms with Crippen LogP contribution in [0.4, 0.5) is 0 Å². The summed E-state index contributed by atoms with van der Waals surface area (Å²) in [6, 6.07) is 2.91. The van der Waals surface area contributed by atoms with Gasteiger partial charge in [0.15, 0.2) is 0 Å². The fourth-order valence-electron chi connectivity index (χ4n) is 1.71. The first-order chi connectivity index (χ1) is 6.81. The molecule has 1 N–H and O–H groups in total. The molecule has 0 atom stereocenters. The minimum atomic E-state index is 0.279. The summed E-state index contributed by atoms with van der Waals surface area (Å²) in [6.45, 7) is 4.29. The van der Waals surface area contributed by atoms with Crippen molar-refractivity contribution in [2.45, 2.75) is 32.4 Å². The first kappa shape index (κ1) is 10.1. The molecule has 0 bridgehead atoms. The molecular formula is C11H17NOS. The molecule has 1 heterocycles. The largest absolute Gasteiger partial charge is 0.395 e. The number of hydrogen-bond donors (Lipinski definition) is 1. The molecule has 0 amide bonds. The van der Waals surface area contributed by atoms with E-state index in [-0.39, 0.29) is 6.61 Å². The summed E-state index contributed by atoms with van der Waals surface area (Å²) in [4.78, 5) is 3.85. The third-order valence-electron chi connectivity index (χ3n) is 2.77. The van der Waals surface area contributed by atoms with Crippen LogP contribution >= 0.6 is 11.3 Å². The standard InChI is InChI=1S/C11H17NOS/c1-9-4-7-14-11(9)8-12(5-6-13)10-2-3-10/h4,7,10,13H,2-3,5-6,8H2,1H3. The summed E-state index contributed by atoms with van der Waals surface area (Å²) in [7, 11) is 0. The van der Waals surface area contributed by atoms with Crippen LogP contribution in [0.1, 0.15) is 23.3 Å². The number of aliphatic hydroxyl groups excluding tert-OH is 1. The average molecular weight is 211 g/mol. The van der Waals surface area contributed by atoms with E-state index in [0.717, 1.165) is 19.1 Å². The smallest absolute Gasteiger partial charge is 0.0558 e. The van der Waals surface area contributed by atoms with Crippen LogP contribution in [0.15, 0.2) is 11.4 Å². The highest BCUT2D eigenvalue weighted by molar-refractivity contribution is 7.10. The Kier molecular flexibility index (Phi) is 3.21. The second-order valence-corrected chi connectivity index (χ2v) is 4.95. The third-order valence-corrected chi connectivity index (χ3v) is 3.77. The quantitative estimate of drug-likeness (QED) is 0.805. The van der Waals surface area contributed by atoms with Gasteiger partial charge in [0.2, 0.25) is 0 Å². The van der Waals surface area contributed by atoms with Gasteiger partial charge in [-0.3, -0.25) is 4.90 Å². The molecule has 1 saturated carbocycles. The van der Waals surface area contributed by atoms with Crippen LogP contribution in [0.3, 0.4) is 0 Å². The highest BCUT2D eigenvalue weighted by Gasteiger charge is 2.28. The molecule has 0 spiro atoms. The molecule has 78 valence electrons. The van der Waals surface area contributed by atoms with E-state index in [1.54, 1.807) is 0 Å². The van der Waals surface area contributed by atoms with E-state index in [9.17, 15) is 0 Å². The van der Waals surface area contributed by atoms with Crippen LogP contribution in [-0.2, 0) is 6.54 Å². The molecule has 3 heteroatoms. The van der Waals surface area contributed by atoms with E-state index in [2.05, 4.69) is 23.3 Å². The lowest BCUT2D eigenvalue weighted by Crippen LogP contribution is -2.28. The van der Waals surface area contributed by atoms with Crippen molar-refractivity contribution in [2.75, 3.05) is 13.2 Å². The Balaban J connectivity index is 1.96. The molecule has 0 saturated heterocycles. The minimum Gasteiger partial charge on any atom is -0.395 e. The summed E-state index contributed by atoms with van der Waals surface area (Å²) in [6.07, 6.45) is 2.62. The maximum Gasteiger partial charge on any atom is 0.0558 e. The molecule has 2 nitrogen and oxygen atoms in total. The predicted molar refractivity (Wildman–Crippen MR) is 59.6 cm³/mol. The van der Waals surface area contributed by atoms with Crippen molar-refractivity contribution in [3.63, 3.8) is 0 Å². The van der Waals surface area contributed by atoms with Gasteiger partial charge in [0, 0.05) is 24.0 Å². The molecule has 0 aromatic carbocycles. The van der Waals surface area contributed by atoms with Gasteiger partial charge in [-0.15, -0.1) is 11.3 Å². The Hall–Kier alpha value is -0.380. The fourth-order valence-corrected chi connectivity index (χ4v) is 2.64. The van der Waals surface area contributed by atoms with Crippen LogP contribution in [0.2, 0.25) is 0 Å². The monoisotopic (exact) mass is 211 g/mol. The van der Waals surface area contributed by atoms with Gasteiger partial charge in [0.1, 0.15) is 0 Å². The van der Waals surface area contributed by atoms with E-state index in [4.69, 9.17) is 5.11 Å². The molecule has 0 aliphatic heterocycles. The Morgan fingerprint density at radius 2 is 2.36 bits per heavy atom. The van der Waals surface area contributed by atoms with Gasteiger partial charge in [0.05, 0.1) is 6.61 Å². The summed E-state index contributed by atoms with van der Waals surface area (Å²) in [5.41, 5.74) is 1.39. The number of thiophene rings is 1. The predicted octanol–water partition coefficient (Wildman–Crippen LogP) is 2.01. The second kappa shape index (κ2) is 4.43. The van der Waals surface area contributed by atoms with Gasteiger partial charge in [-0.1, -0.05) is 0 Å². The van der Waals surface area contributed by atoms with Crippen molar-refractivity contribution in [1.82, 2.24) is 4.90 Å². The molecule has 1 aliphatic rings. The lowest BCUT2D eigenvalue weighted by Gasteiger charge is -2.20. The summed E-state index contributed by atoms with van der Waals surface area (Å²) >= 11 is 1.83. The first-order valence-electron chi connectivity index (χ1n) is 5.19. The van der Waals surface area contributed by atoms with E-state index < -0.39 is 0 Å². The molecule has 0 radical (unpaired) electrons. The molecule has 14 heavy (non-hydrogen) atoms. The zero-order chi connectivity index (χ0) is 9.97. The Morgan fingerprint density at radius 1 is 1.57 bits per heavy atom. The number of nitrogens with zero attached hydrogens (tertiary/aromatic N) is 1. The van der Waals surface area contributed by atoms with Crippen molar-refractivity contribution in [3.8, 4) is 0 Å². The molecule has 1 aliphatic carbocycles. The zero-order valence-electron chi connectivity index (χ0n) is 8.57. The first-order valence-corrected chi connectivity index (χ1v) is 6.07. The van der Waals surface area contributed by atoms with Gasteiger partial charge in [-0.2, -0.15) is 0 Å². The Bertz CT molecular complexity index is 293. The van der Waals surface area contributed by atoms with E-state index in [1.807, 2.05) is 11.3 Å². The Labute approximate surface area is 89.2 Å². The van der Waals surface area contributed by atoms with Crippen LogP contribution in [-0.4, -0.2) is 29.2 Å². The van der Waals surface area contributed by atoms with Crippen molar-refractivity contribution < 1.29 is 5.11 Å². The SMILES string of the molecule is Cc1ccsc1CN(CCO)C1CC1. The van der Waals surface area contributed by atoms with Gasteiger partial charge in [-0.25, -0.2) is 0 Å². The third kappa shape index (κ3) is 2.35. The summed E-state index contributed by atoms with van der Waals surface area (Å²) < 4.78 is 0. The normalized spacial score (nSPS) is 16.5. The summed E-state index contributed by atoms with van der Waals surface area (Å²) in [5, 5.41) is 11.1. The molecule has 1 aromatic heterocycles. The number of hydrogen-bond acceptors (Lipinski definition) is 3. The number of rotatable bonds is 5. The number of aliphatic hydroxyl groups is 1. The van der Waals surface area contributed by atoms with Gasteiger partial charge in [-0.05, 0) is 36.8 Å². The van der Waals surface area contributed by atoms with Gasteiger partial charge in [0.25, 0.3) is 0 Å². The molecule has 1 fully saturated rings. The van der Waals surface area contributed by atoms with Crippen LogP contribution < -0.4 is 0 Å². The maximum absolute atomic E-state index is 8.97. The topological polar surface area (TPSA) is 23.5 Å². The average Bonchev–Trinajstić information content (AvgIpc) is 2.93. The van der Waals surface area contributed by atoms with Crippen molar-refractivity contribution in [1.29, 1.82) is 0 Å². The maximum atomic E-state index is 8.97. The minimum absolute atomic E-state index is 0.279.